The molecule has 5 nitrogen and oxygen atoms in total. The second kappa shape index (κ2) is 6.34. The van der Waals surface area contributed by atoms with Crippen molar-refractivity contribution in [2.45, 2.75) is 19.4 Å². The molecular formula is C17H24N4O. The number of nitrogens with zero attached hydrogens (tertiary/aromatic N) is 4. The molecule has 2 saturated heterocycles. The first-order valence-corrected chi connectivity index (χ1v) is 8.39. The van der Waals surface area contributed by atoms with Gasteiger partial charge in [0.05, 0.1) is 13.2 Å². The first-order chi connectivity index (χ1) is 10.9. The summed E-state index contributed by atoms with van der Waals surface area (Å²) in [5.41, 5.74) is 1.23. The van der Waals surface area contributed by atoms with Crippen molar-refractivity contribution in [3.05, 3.63) is 30.1 Å². The monoisotopic (exact) mass is 300 g/mol. The molecule has 0 N–H and O–H groups in total. The molecule has 0 unspecified atom stereocenters. The first-order valence-electron chi connectivity index (χ1n) is 8.39. The van der Waals surface area contributed by atoms with Crippen molar-refractivity contribution in [2.24, 2.45) is 11.8 Å². The van der Waals surface area contributed by atoms with Gasteiger partial charge in [-0.2, -0.15) is 0 Å². The largest absolute Gasteiger partial charge is 0.378 e. The maximum atomic E-state index is 5.37. The van der Waals surface area contributed by atoms with E-state index in [1.54, 1.807) is 0 Å². The van der Waals surface area contributed by atoms with Crippen LogP contribution < -0.4 is 4.90 Å². The minimum Gasteiger partial charge on any atom is -0.378 e. The number of aromatic nitrogens is 2. The Balaban J connectivity index is 1.35. The van der Waals surface area contributed by atoms with Crippen LogP contribution in [0.15, 0.2) is 24.5 Å². The highest BCUT2D eigenvalue weighted by molar-refractivity contribution is 5.30. The van der Waals surface area contributed by atoms with Gasteiger partial charge >= 0.3 is 0 Å². The molecule has 118 valence electrons. The molecule has 5 heteroatoms. The van der Waals surface area contributed by atoms with E-state index in [0.29, 0.717) is 0 Å². The van der Waals surface area contributed by atoms with Gasteiger partial charge in [-0.1, -0.05) is 12.2 Å². The quantitative estimate of drug-likeness (QED) is 0.795. The van der Waals surface area contributed by atoms with E-state index in [1.807, 2.05) is 12.4 Å². The molecule has 22 heavy (non-hydrogen) atoms. The van der Waals surface area contributed by atoms with E-state index < -0.39 is 0 Å². The van der Waals surface area contributed by atoms with E-state index in [-0.39, 0.29) is 0 Å². The molecule has 0 amide bonds. The fraction of sp³-hybridized carbons (Fsp3) is 0.647. The van der Waals surface area contributed by atoms with E-state index in [0.717, 1.165) is 50.6 Å². The molecule has 2 aliphatic heterocycles. The normalized spacial score (nSPS) is 28.8. The molecule has 2 fully saturated rings. The highest BCUT2D eigenvalue weighted by Crippen LogP contribution is 2.33. The molecule has 3 aliphatic rings. The van der Waals surface area contributed by atoms with Crippen molar-refractivity contribution in [1.82, 2.24) is 14.9 Å². The van der Waals surface area contributed by atoms with Crippen LogP contribution in [-0.4, -0.2) is 54.3 Å². The summed E-state index contributed by atoms with van der Waals surface area (Å²) >= 11 is 0. The van der Waals surface area contributed by atoms with Gasteiger partial charge in [0.2, 0.25) is 5.95 Å². The van der Waals surface area contributed by atoms with Crippen LogP contribution in [0, 0.1) is 11.8 Å². The second-order valence-electron chi connectivity index (χ2n) is 6.65. The van der Waals surface area contributed by atoms with E-state index in [4.69, 9.17) is 4.74 Å². The number of allylic oxidation sites excluding steroid dienone is 2. The average Bonchev–Trinajstić information content (AvgIpc) is 2.98. The summed E-state index contributed by atoms with van der Waals surface area (Å²) in [6.07, 6.45) is 11.2. The van der Waals surface area contributed by atoms with E-state index in [1.165, 1.54) is 31.5 Å². The molecule has 1 aromatic rings. The van der Waals surface area contributed by atoms with Crippen molar-refractivity contribution in [3.8, 4) is 0 Å². The van der Waals surface area contributed by atoms with Crippen LogP contribution in [0.4, 0.5) is 5.95 Å². The summed E-state index contributed by atoms with van der Waals surface area (Å²) in [4.78, 5) is 13.9. The first kappa shape index (κ1) is 14.2. The van der Waals surface area contributed by atoms with Crippen LogP contribution in [0.2, 0.25) is 0 Å². The Morgan fingerprint density at radius 3 is 2.27 bits per heavy atom. The lowest BCUT2D eigenvalue weighted by Gasteiger charge is -2.26. The maximum absolute atomic E-state index is 5.37. The summed E-state index contributed by atoms with van der Waals surface area (Å²) in [6.45, 7) is 6.76. The molecule has 1 aromatic heterocycles. The SMILES string of the molecule is C1=CC[C@H]2CN(Cc3cnc(N4CCOCC4)nc3)C[C@H]2C1. The smallest absolute Gasteiger partial charge is 0.225 e. The maximum Gasteiger partial charge on any atom is 0.225 e. The van der Waals surface area contributed by atoms with Gasteiger partial charge in [0, 0.05) is 50.7 Å². The fourth-order valence-electron chi connectivity index (χ4n) is 3.86. The van der Waals surface area contributed by atoms with Gasteiger partial charge in [-0.25, -0.2) is 9.97 Å². The van der Waals surface area contributed by atoms with Crippen LogP contribution in [0.3, 0.4) is 0 Å². The lowest BCUT2D eigenvalue weighted by atomic mass is 9.86. The molecule has 1 aliphatic carbocycles. The number of hydrogen-bond acceptors (Lipinski definition) is 5. The molecule has 4 rings (SSSR count). The Morgan fingerprint density at radius 1 is 1.00 bits per heavy atom. The summed E-state index contributed by atoms with van der Waals surface area (Å²) in [5.74, 6) is 2.56. The van der Waals surface area contributed by atoms with Crippen molar-refractivity contribution < 1.29 is 4.74 Å². The molecule has 0 saturated carbocycles. The predicted octanol–water partition coefficient (Wildman–Crippen LogP) is 1.71. The van der Waals surface area contributed by atoms with Gasteiger partial charge in [-0.15, -0.1) is 0 Å². The lowest BCUT2D eigenvalue weighted by Crippen LogP contribution is -2.37. The number of hydrogen-bond donors (Lipinski definition) is 0. The predicted molar refractivity (Wildman–Crippen MR) is 85.7 cm³/mol. The minimum atomic E-state index is 0.774. The van der Waals surface area contributed by atoms with Gasteiger partial charge in [0.1, 0.15) is 0 Å². The molecule has 0 spiro atoms. The lowest BCUT2D eigenvalue weighted by molar-refractivity contribution is 0.122. The molecule has 3 heterocycles. The highest BCUT2D eigenvalue weighted by Gasteiger charge is 2.32. The van der Waals surface area contributed by atoms with E-state index >= 15 is 0 Å². The zero-order valence-electron chi connectivity index (χ0n) is 13.0. The van der Waals surface area contributed by atoms with Gasteiger partial charge in [-0.3, -0.25) is 4.90 Å². The summed E-state index contributed by atoms with van der Waals surface area (Å²) in [5, 5.41) is 0. The van der Waals surface area contributed by atoms with E-state index in [9.17, 15) is 0 Å². The number of ether oxygens (including phenoxy) is 1. The Bertz CT molecular complexity index is 508. The third kappa shape index (κ3) is 3.01. The summed E-state index contributed by atoms with van der Waals surface area (Å²) in [7, 11) is 0. The zero-order valence-corrected chi connectivity index (χ0v) is 13.0. The number of fused-ring (bicyclic) bond motifs is 1. The van der Waals surface area contributed by atoms with Gasteiger partial charge < -0.3 is 9.64 Å². The third-order valence-corrected chi connectivity index (χ3v) is 5.09. The summed E-state index contributed by atoms with van der Waals surface area (Å²) in [6, 6.07) is 0. The standard InChI is InChI=1S/C17H24N4O/c1-2-4-16-13-20(12-15(16)3-1)11-14-9-18-17(19-10-14)21-5-7-22-8-6-21/h1-2,9-10,15-16H,3-8,11-13H2/t15-,16+. The molecule has 0 bridgehead atoms. The molecule has 0 aromatic carbocycles. The average molecular weight is 300 g/mol. The fourth-order valence-corrected chi connectivity index (χ4v) is 3.86. The van der Waals surface area contributed by atoms with Gasteiger partial charge in [0.25, 0.3) is 0 Å². The van der Waals surface area contributed by atoms with E-state index in [2.05, 4.69) is 31.9 Å². The zero-order chi connectivity index (χ0) is 14.8. The number of anilines is 1. The second-order valence-corrected chi connectivity index (χ2v) is 6.65. The Kier molecular flexibility index (Phi) is 4.08. The number of morpholine rings is 1. The van der Waals surface area contributed by atoms with Crippen molar-refractivity contribution in [3.63, 3.8) is 0 Å². The molecule has 2 atom stereocenters. The van der Waals surface area contributed by atoms with Crippen LogP contribution in [-0.2, 0) is 11.3 Å². The van der Waals surface area contributed by atoms with Gasteiger partial charge in [-0.05, 0) is 24.7 Å². The Morgan fingerprint density at radius 2 is 1.64 bits per heavy atom. The van der Waals surface area contributed by atoms with Crippen LogP contribution >= 0.6 is 0 Å². The van der Waals surface area contributed by atoms with Gasteiger partial charge in [0.15, 0.2) is 0 Å². The third-order valence-electron chi connectivity index (χ3n) is 5.09. The Labute approximate surface area is 132 Å². The van der Waals surface area contributed by atoms with Crippen molar-refractivity contribution in [2.75, 3.05) is 44.3 Å². The van der Waals surface area contributed by atoms with Crippen LogP contribution in [0.25, 0.3) is 0 Å². The molecular weight excluding hydrogens is 276 g/mol. The topological polar surface area (TPSA) is 41.5 Å². The number of likely N-dealkylation sites (tertiary alicyclic amines) is 1. The minimum absolute atomic E-state index is 0.774. The summed E-state index contributed by atoms with van der Waals surface area (Å²) < 4.78 is 5.37. The van der Waals surface area contributed by atoms with Crippen LogP contribution in [0.1, 0.15) is 18.4 Å². The Hall–Kier alpha value is -1.46. The van der Waals surface area contributed by atoms with Crippen molar-refractivity contribution in [1.29, 1.82) is 0 Å². The van der Waals surface area contributed by atoms with Crippen molar-refractivity contribution >= 4 is 5.95 Å². The number of rotatable bonds is 3. The van der Waals surface area contributed by atoms with Crippen LogP contribution in [0.5, 0.6) is 0 Å². The molecule has 0 radical (unpaired) electrons. The highest BCUT2D eigenvalue weighted by atomic mass is 16.5.